The number of ether oxygens (including phenoxy) is 2. The lowest BCUT2D eigenvalue weighted by molar-refractivity contribution is -0.222. The second-order valence-corrected chi connectivity index (χ2v) is 5.43. The fourth-order valence-corrected chi connectivity index (χ4v) is 2.19. The van der Waals surface area contributed by atoms with E-state index >= 15 is 0 Å². The number of allylic oxidation sites excluding steroid dienone is 3. The Kier molecular flexibility index (Phi) is 2.52. The molecule has 0 amide bonds. The SMILES string of the molecule is CC1(C)OC(=O)C(=CNC2=CC3CC3C=C2)C(=O)O1. The standard InChI is InChI=1S/C14H15NO4/c1-14(2)18-12(16)11(13(17)19-14)7-15-10-4-3-8-5-9(8)6-10/h3-4,6-9,15H,5H2,1-2H3. The molecule has 1 saturated carbocycles. The van der Waals surface area contributed by atoms with Crippen LogP contribution in [0.15, 0.2) is 35.7 Å². The van der Waals surface area contributed by atoms with E-state index in [0.717, 1.165) is 5.70 Å². The Balaban J connectivity index is 1.71. The minimum absolute atomic E-state index is 0.119. The summed E-state index contributed by atoms with van der Waals surface area (Å²) in [7, 11) is 0. The number of esters is 2. The Bertz CT molecular complexity index is 520. The third-order valence-corrected chi connectivity index (χ3v) is 3.31. The maximum atomic E-state index is 11.7. The van der Waals surface area contributed by atoms with Crippen LogP contribution in [0.25, 0.3) is 0 Å². The molecule has 5 nitrogen and oxygen atoms in total. The smallest absolute Gasteiger partial charge is 0.350 e. The van der Waals surface area contributed by atoms with Gasteiger partial charge in [-0.3, -0.25) is 0 Å². The van der Waals surface area contributed by atoms with Crippen LogP contribution in [-0.4, -0.2) is 17.7 Å². The molecule has 3 aliphatic rings. The fourth-order valence-electron chi connectivity index (χ4n) is 2.19. The normalized spacial score (nSPS) is 30.8. The minimum Gasteiger partial charge on any atom is -0.419 e. The first-order valence-corrected chi connectivity index (χ1v) is 6.28. The summed E-state index contributed by atoms with van der Waals surface area (Å²) in [5.74, 6) is -1.27. The topological polar surface area (TPSA) is 64.6 Å². The van der Waals surface area contributed by atoms with Crippen LogP contribution in [0.4, 0.5) is 0 Å². The predicted octanol–water partition coefficient (Wildman–Crippen LogP) is 1.39. The summed E-state index contributed by atoms with van der Waals surface area (Å²) in [5.41, 5.74) is 0.767. The molecule has 1 heterocycles. The second kappa shape index (κ2) is 3.98. The minimum atomic E-state index is -1.20. The van der Waals surface area contributed by atoms with Gasteiger partial charge in [0.1, 0.15) is 0 Å². The van der Waals surface area contributed by atoms with Gasteiger partial charge in [0.25, 0.3) is 5.79 Å². The molecule has 0 aromatic heterocycles. The summed E-state index contributed by atoms with van der Waals surface area (Å²) in [6.45, 7) is 3.04. The number of cyclic esters (lactones) is 2. The van der Waals surface area contributed by atoms with Crippen LogP contribution in [0.1, 0.15) is 20.3 Å². The van der Waals surface area contributed by atoms with Gasteiger partial charge in [0.2, 0.25) is 0 Å². The van der Waals surface area contributed by atoms with E-state index in [2.05, 4.69) is 17.5 Å². The molecule has 0 spiro atoms. The van der Waals surface area contributed by atoms with Gasteiger partial charge >= 0.3 is 11.9 Å². The first kappa shape index (κ1) is 12.0. The zero-order valence-electron chi connectivity index (χ0n) is 10.8. The summed E-state index contributed by atoms with van der Waals surface area (Å²) < 4.78 is 10.00. The largest absolute Gasteiger partial charge is 0.419 e. The van der Waals surface area contributed by atoms with Crippen molar-refractivity contribution >= 4 is 11.9 Å². The lowest BCUT2D eigenvalue weighted by atomic mass is 10.1. The molecule has 0 aromatic carbocycles. The average Bonchev–Trinajstić information content (AvgIpc) is 3.04. The van der Waals surface area contributed by atoms with Crippen LogP contribution >= 0.6 is 0 Å². The Morgan fingerprint density at radius 2 is 1.95 bits per heavy atom. The van der Waals surface area contributed by atoms with Gasteiger partial charge in [0.15, 0.2) is 5.57 Å². The van der Waals surface area contributed by atoms with Crippen molar-refractivity contribution < 1.29 is 19.1 Å². The Morgan fingerprint density at radius 3 is 2.58 bits per heavy atom. The molecule has 3 rings (SSSR count). The third-order valence-electron chi connectivity index (χ3n) is 3.31. The molecule has 5 heteroatoms. The Morgan fingerprint density at radius 1 is 1.26 bits per heavy atom. The fraction of sp³-hybridized carbons (Fsp3) is 0.429. The van der Waals surface area contributed by atoms with E-state index in [1.54, 1.807) is 0 Å². The van der Waals surface area contributed by atoms with Crippen LogP contribution < -0.4 is 5.32 Å². The Labute approximate surface area is 110 Å². The second-order valence-electron chi connectivity index (χ2n) is 5.43. The number of rotatable bonds is 2. The zero-order valence-corrected chi connectivity index (χ0v) is 10.8. The van der Waals surface area contributed by atoms with Gasteiger partial charge in [-0.05, 0) is 24.3 Å². The summed E-state index contributed by atoms with van der Waals surface area (Å²) in [5, 5.41) is 2.95. The summed E-state index contributed by atoms with van der Waals surface area (Å²) in [6, 6.07) is 0. The molecule has 100 valence electrons. The van der Waals surface area contributed by atoms with Crippen LogP contribution in [0, 0.1) is 11.8 Å². The molecule has 0 bridgehead atoms. The number of hydrogen-bond donors (Lipinski definition) is 1. The number of carbonyl (C=O) groups is 2. The van der Waals surface area contributed by atoms with E-state index in [-0.39, 0.29) is 5.57 Å². The van der Waals surface area contributed by atoms with Gasteiger partial charge in [-0.25, -0.2) is 9.59 Å². The van der Waals surface area contributed by atoms with Crippen molar-refractivity contribution in [3.05, 3.63) is 35.7 Å². The number of fused-ring (bicyclic) bond motifs is 1. The van der Waals surface area contributed by atoms with Crippen molar-refractivity contribution in [2.45, 2.75) is 26.1 Å². The van der Waals surface area contributed by atoms with Gasteiger partial charge in [-0.1, -0.05) is 12.2 Å². The highest BCUT2D eigenvalue weighted by Crippen LogP contribution is 2.43. The van der Waals surface area contributed by atoms with Crippen LogP contribution in [-0.2, 0) is 19.1 Å². The highest BCUT2D eigenvalue weighted by Gasteiger charge is 2.39. The number of carbonyl (C=O) groups excluding carboxylic acids is 2. The first-order chi connectivity index (χ1) is 8.94. The van der Waals surface area contributed by atoms with Crippen molar-refractivity contribution in [2.24, 2.45) is 11.8 Å². The lowest BCUT2D eigenvalue weighted by Gasteiger charge is -2.29. The summed E-state index contributed by atoms with van der Waals surface area (Å²) in [6.07, 6.45) is 8.71. The molecular weight excluding hydrogens is 246 g/mol. The van der Waals surface area contributed by atoms with E-state index < -0.39 is 17.7 Å². The maximum Gasteiger partial charge on any atom is 0.350 e. The average molecular weight is 261 g/mol. The molecule has 0 aromatic rings. The molecule has 2 fully saturated rings. The van der Waals surface area contributed by atoms with E-state index in [1.165, 1.54) is 26.5 Å². The number of nitrogens with one attached hydrogen (secondary N) is 1. The molecular formula is C14H15NO4. The molecule has 1 saturated heterocycles. The van der Waals surface area contributed by atoms with Crippen molar-refractivity contribution in [1.29, 1.82) is 0 Å². The summed E-state index contributed by atoms with van der Waals surface area (Å²) >= 11 is 0. The third kappa shape index (κ3) is 2.41. The molecule has 2 unspecified atom stereocenters. The lowest BCUT2D eigenvalue weighted by Crippen LogP contribution is -2.42. The van der Waals surface area contributed by atoms with Crippen molar-refractivity contribution in [1.82, 2.24) is 5.32 Å². The van der Waals surface area contributed by atoms with Gasteiger partial charge in [-0.2, -0.15) is 0 Å². The van der Waals surface area contributed by atoms with Crippen molar-refractivity contribution in [2.75, 3.05) is 0 Å². The van der Waals surface area contributed by atoms with E-state index in [1.807, 2.05) is 6.08 Å². The van der Waals surface area contributed by atoms with Crippen molar-refractivity contribution in [3.8, 4) is 0 Å². The monoisotopic (exact) mass is 261 g/mol. The van der Waals surface area contributed by atoms with Gasteiger partial charge in [-0.15, -0.1) is 0 Å². The van der Waals surface area contributed by atoms with E-state index in [9.17, 15) is 9.59 Å². The predicted molar refractivity (Wildman–Crippen MR) is 66.3 cm³/mol. The molecule has 2 aliphatic carbocycles. The van der Waals surface area contributed by atoms with Crippen molar-refractivity contribution in [3.63, 3.8) is 0 Å². The number of hydrogen-bond acceptors (Lipinski definition) is 5. The molecule has 1 N–H and O–H groups in total. The Hall–Kier alpha value is -2.04. The van der Waals surface area contributed by atoms with Gasteiger partial charge in [0.05, 0.1) is 0 Å². The van der Waals surface area contributed by atoms with Gasteiger partial charge in [0, 0.05) is 25.7 Å². The van der Waals surface area contributed by atoms with Gasteiger partial charge < -0.3 is 14.8 Å². The molecule has 0 radical (unpaired) electrons. The van der Waals surface area contributed by atoms with Crippen LogP contribution in [0.3, 0.4) is 0 Å². The first-order valence-electron chi connectivity index (χ1n) is 6.28. The van der Waals surface area contributed by atoms with E-state index in [0.29, 0.717) is 11.8 Å². The molecule has 1 aliphatic heterocycles. The maximum absolute atomic E-state index is 11.7. The highest BCUT2D eigenvalue weighted by molar-refractivity contribution is 6.15. The highest BCUT2D eigenvalue weighted by atomic mass is 16.7. The molecule has 19 heavy (non-hydrogen) atoms. The molecule has 2 atom stereocenters. The zero-order chi connectivity index (χ0) is 13.6. The quantitative estimate of drug-likeness (QED) is 0.462. The van der Waals surface area contributed by atoms with E-state index in [4.69, 9.17) is 9.47 Å². The summed E-state index contributed by atoms with van der Waals surface area (Å²) in [4.78, 5) is 23.4. The van der Waals surface area contributed by atoms with Crippen LogP contribution in [0.5, 0.6) is 0 Å². The van der Waals surface area contributed by atoms with Crippen LogP contribution in [0.2, 0.25) is 0 Å².